The number of imidazole rings is 1. The molecular weight excluding hydrogens is 426 g/mol. The van der Waals surface area contributed by atoms with Crippen molar-refractivity contribution in [1.82, 2.24) is 14.7 Å². The fourth-order valence-corrected chi connectivity index (χ4v) is 3.83. The van der Waals surface area contributed by atoms with Crippen LogP contribution in [0.3, 0.4) is 0 Å². The fourth-order valence-electron chi connectivity index (χ4n) is 3.83. The Hall–Kier alpha value is -4.06. The first-order valence-electron chi connectivity index (χ1n) is 11.2. The Bertz CT molecular complexity index is 1340. The zero-order valence-electron chi connectivity index (χ0n) is 20.0. The maximum Gasteiger partial charge on any atom is 0.244 e. The fraction of sp³-hybridized carbons (Fsp3) is 0.214. The summed E-state index contributed by atoms with van der Waals surface area (Å²) >= 11 is 0. The molecule has 2 heterocycles. The number of nitrogens with one attached hydrogen (secondary N) is 1. The number of amides is 1. The van der Waals surface area contributed by atoms with Gasteiger partial charge in [-0.15, -0.1) is 0 Å². The number of hydrogen-bond acceptors (Lipinski definition) is 4. The first-order valence-corrected chi connectivity index (χ1v) is 11.2. The molecule has 0 radical (unpaired) electrons. The van der Waals surface area contributed by atoms with Crippen molar-refractivity contribution in [2.75, 3.05) is 20.8 Å². The highest BCUT2D eigenvalue weighted by Gasteiger charge is 2.13. The van der Waals surface area contributed by atoms with Crippen molar-refractivity contribution >= 4 is 17.6 Å². The molecule has 4 rings (SSSR count). The van der Waals surface area contributed by atoms with Crippen molar-refractivity contribution in [3.05, 3.63) is 89.3 Å². The lowest BCUT2D eigenvalue weighted by Gasteiger charge is -2.09. The third-order valence-electron chi connectivity index (χ3n) is 5.70. The van der Waals surface area contributed by atoms with Gasteiger partial charge in [-0.1, -0.05) is 35.9 Å². The second-order valence-corrected chi connectivity index (χ2v) is 8.21. The van der Waals surface area contributed by atoms with Gasteiger partial charge in [0.1, 0.15) is 5.65 Å². The summed E-state index contributed by atoms with van der Waals surface area (Å²) in [5, 5.41) is 2.96. The van der Waals surface area contributed by atoms with Gasteiger partial charge >= 0.3 is 0 Å². The first-order chi connectivity index (χ1) is 16.5. The number of aromatic nitrogens is 2. The standard InChI is InChI=1S/C28H29N3O3/c1-19-5-8-22(9-6-19)28-23(31-16-14-20(2)17-26(31)30-28)10-12-27(32)29-15-13-21-7-11-24(33-3)25(18-21)34-4/h5-12,14,16-18H,13,15H2,1-4H3,(H,29,32)/b12-10+. The SMILES string of the molecule is COc1ccc(CCNC(=O)/C=C/c2c(-c3ccc(C)cc3)nc3cc(C)ccn23)cc1OC. The largest absolute Gasteiger partial charge is 0.493 e. The Kier molecular flexibility index (Phi) is 6.97. The lowest BCUT2D eigenvalue weighted by molar-refractivity contribution is -0.116. The molecule has 0 atom stereocenters. The molecule has 0 unspecified atom stereocenters. The van der Waals surface area contributed by atoms with Gasteiger partial charge < -0.3 is 14.8 Å². The molecule has 0 aliphatic carbocycles. The van der Waals surface area contributed by atoms with Crippen LogP contribution in [0.1, 0.15) is 22.4 Å². The van der Waals surface area contributed by atoms with Crippen molar-refractivity contribution in [3.8, 4) is 22.8 Å². The minimum Gasteiger partial charge on any atom is -0.493 e. The number of fused-ring (bicyclic) bond motifs is 1. The van der Waals surface area contributed by atoms with E-state index in [9.17, 15) is 4.79 Å². The Balaban J connectivity index is 1.50. The molecule has 0 saturated heterocycles. The normalized spacial score (nSPS) is 11.2. The second-order valence-electron chi connectivity index (χ2n) is 8.21. The third kappa shape index (κ3) is 5.12. The van der Waals surface area contributed by atoms with Gasteiger partial charge in [-0.25, -0.2) is 4.98 Å². The van der Waals surface area contributed by atoms with Gasteiger partial charge in [-0.05, 0) is 61.7 Å². The highest BCUT2D eigenvalue weighted by molar-refractivity contribution is 5.92. The first kappa shape index (κ1) is 23.1. The summed E-state index contributed by atoms with van der Waals surface area (Å²) < 4.78 is 12.6. The maximum atomic E-state index is 12.6. The van der Waals surface area contributed by atoms with Crippen LogP contribution >= 0.6 is 0 Å². The number of carbonyl (C=O) groups is 1. The average Bonchev–Trinajstić information content (AvgIpc) is 3.20. The van der Waals surface area contributed by atoms with Crippen molar-refractivity contribution in [3.63, 3.8) is 0 Å². The highest BCUT2D eigenvalue weighted by atomic mass is 16.5. The minimum atomic E-state index is -0.155. The van der Waals surface area contributed by atoms with Crippen LogP contribution in [0.25, 0.3) is 23.0 Å². The molecule has 6 heteroatoms. The smallest absolute Gasteiger partial charge is 0.244 e. The lowest BCUT2D eigenvalue weighted by atomic mass is 10.1. The highest BCUT2D eigenvalue weighted by Crippen LogP contribution is 2.28. The number of ether oxygens (including phenoxy) is 2. The van der Waals surface area contributed by atoms with Crippen LogP contribution in [0.15, 0.2) is 66.9 Å². The lowest BCUT2D eigenvalue weighted by Crippen LogP contribution is -2.23. The molecule has 34 heavy (non-hydrogen) atoms. The van der Waals surface area contributed by atoms with E-state index in [-0.39, 0.29) is 5.91 Å². The summed E-state index contributed by atoms with van der Waals surface area (Å²) in [7, 11) is 3.22. The van der Waals surface area contributed by atoms with Gasteiger partial charge in [0, 0.05) is 24.4 Å². The number of aryl methyl sites for hydroxylation is 2. The zero-order valence-corrected chi connectivity index (χ0v) is 20.0. The van der Waals surface area contributed by atoms with Crippen LogP contribution in [0.5, 0.6) is 11.5 Å². The molecule has 0 aliphatic rings. The van der Waals surface area contributed by atoms with Gasteiger partial charge in [-0.3, -0.25) is 9.20 Å². The second kappa shape index (κ2) is 10.3. The summed E-state index contributed by atoms with van der Waals surface area (Å²) in [6.45, 7) is 4.61. The third-order valence-corrected chi connectivity index (χ3v) is 5.70. The van der Waals surface area contributed by atoms with Crippen LogP contribution in [-0.2, 0) is 11.2 Å². The van der Waals surface area contributed by atoms with Crippen molar-refractivity contribution in [2.24, 2.45) is 0 Å². The predicted octanol–water partition coefficient (Wildman–Crippen LogP) is 5.01. The van der Waals surface area contributed by atoms with E-state index in [1.165, 1.54) is 5.56 Å². The van der Waals surface area contributed by atoms with Crippen molar-refractivity contribution in [2.45, 2.75) is 20.3 Å². The number of pyridine rings is 1. The molecule has 6 nitrogen and oxygen atoms in total. The van der Waals surface area contributed by atoms with Crippen molar-refractivity contribution < 1.29 is 14.3 Å². The van der Waals surface area contributed by atoms with Crippen LogP contribution < -0.4 is 14.8 Å². The molecule has 2 aromatic heterocycles. The van der Waals surface area contributed by atoms with E-state index in [0.717, 1.165) is 33.7 Å². The van der Waals surface area contributed by atoms with Gasteiger partial charge in [0.2, 0.25) is 5.91 Å². The Morgan fingerprint density at radius 3 is 2.47 bits per heavy atom. The van der Waals surface area contributed by atoms with E-state index in [2.05, 4.69) is 36.5 Å². The number of methoxy groups -OCH3 is 2. The number of carbonyl (C=O) groups excluding carboxylic acids is 1. The molecule has 0 saturated carbocycles. The monoisotopic (exact) mass is 455 g/mol. The number of rotatable bonds is 8. The van der Waals surface area contributed by atoms with Crippen LogP contribution in [0.2, 0.25) is 0 Å². The van der Waals surface area contributed by atoms with E-state index in [1.807, 2.05) is 53.9 Å². The van der Waals surface area contributed by atoms with Crippen LogP contribution in [0, 0.1) is 13.8 Å². The summed E-state index contributed by atoms with van der Waals surface area (Å²) in [5.74, 6) is 1.21. The molecule has 4 aromatic rings. The molecule has 0 aliphatic heterocycles. The molecule has 1 amide bonds. The van der Waals surface area contributed by atoms with E-state index in [0.29, 0.717) is 24.5 Å². The summed E-state index contributed by atoms with van der Waals surface area (Å²) in [5.41, 5.74) is 6.96. The van der Waals surface area contributed by atoms with Gasteiger partial charge in [0.15, 0.2) is 11.5 Å². The van der Waals surface area contributed by atoms with E-state index in [4.69, 9.17) is 14.5 Å². The predicted molar refractivity (Wildman–Crippen MR) is 135 cm³/mol. The molecule has 0 fully saturated rings. The zero-order chi connectivity index (χ0) is 24.1. The van der Waals surface area contributed by atoms with Gasteiger partial charge in [-0.2, -0.15) is 0 Å². The van der Waals surface area contributed by atoms with Gasteiger partial charge in [0.05, 0.1) is 25.6 Å². The topological polar surface area (TPSA) is 64.9 Å². The molecule has 1 N–H and O–H groups in total. The maximum absolute atomic E-state index is 12.6. The molecule has 0 spiro atoms. The Morgan fingerprint density at radius 2 is 1.74 bits per heavy atom. The number of nitrogens with zero attached hydrogens (tertiary/aromatic N) is 2. The summed E-state index contributed by atoms with van der Waals surface area (Å²) in [6, 6.07) is 18.1. The van der Waals surface area contributed by atoms with E-state index < -0.39 is 0 Å². The van der Waals surface area contributed by atoms with Crippen molar-refractivity contribution in [1.29, 1.82) is 0 Å². The minimum absolute atomic E-state index is 0.155. The van der Waals surface area contributed by atoms with Crippen LogP contribution in [0.4, 0.5) is 0 Å². The number of hydrogen-bond donors (Lipinski definition) is 1. The quantitative estimate of drug-likeness (QED) is 0.380. The van der Waals surface area contributed by atoms with Crippen LogP contribution in [-0.4, -0.2) is 36.1 Å². The summed E-state index contributed by atoms with van der Waals surface area (Å²) in [6.07, 6.45) is 6.07. The molecule has 0 bridgehead atoms. The Morgan fingerprint density at radius 1 is 0.971 bits per heavy atom. The van der Waals surface area contributed by atoms with E-state index in [1.54, 1.807) is 20.3 Å². The number of benzene rings is 2. The Labute approximate surface area is 199 Å². The average molecular weight is 456 g/mol. The van der Waals surface area contributed by atoms with Gasteiger partial charge in [0.25, 0.3) is 0 Å². The molecule has 174 valence electrons. The molecular formula is C28H29N3O3. The van der Waals surface area contributed by atoms with E-state index >= 15 is 0 Å². The molecule has 2 aromatic carbocycles. The summed E-state index contributed by atoms with van der Waals surface area (Å²) in [4.78, 5) is 17.4.